The minimum atomic E-state index is -0.866. The Morgan fingerprint density at radius 1 is 0.353 bits per heavy atom. The van der Waals surface area contributed by atoms with Gasteiger partial charge in [0.25, 0.3) is 0 Å². The Morgan fingerprint density at radius 2 is 0.912 bits per heavy atom. The van der Waals surface area contributed by atoms with Crippen LogP contribution in [0.5, 0.6) is 0 Å². The van der Waals surface area contributed by atoms with Gasteiger partial charge in [-0.1, -0.05) is 127 Å². The molecule has 0 heteroatoms. The second-order valence-corrected chi connectivity index (χ2v) is 7.33. The molecule has 0 aliphatic rings. The highest BCUT2D eigenvalue weighted by molar-refractivity contribution is 6.22. The molecule has 0 nitrogen and oxygen atoms in total. The van der Waals surface area contributed by atoms with Gasteiger partial charge in [-0.05, 0) is 71.4 Å². The first-order chi connectivity index (χ1) is 25.6. The zero-order chi connectivity index (χ0) is 40.8. The SMILES string of the molecule is [2H]c1cc2c(-c3c([2H])c([2H])c([2H])c([2H])c3[2H])c3c([2H])c([2H])c([2H])c([2H])c3c(-c3c([2H])c([2H])c4c(c3[2H])c([2H])c([2H])c3c([2H])c([2H])c([2H])c([2H])c34)c2c([2H])c1[2H]. The van der Waals surface area contributed by atoms with Gasteiger partial charge in [0.05, 0.1) is 28.8 Å². The second kappa shape index (κ2) is 7.57. The zero-order valence-electron chi connectivity index (χ0n) is 38.1. The Bertz CT molecular complexity index is 2960. The number of benzene rings is 7. The molecule has 0 heterocycles. The van der Waals surface area contributed by atoms with Crippen LogP contribution in [0.2, 0.25) is 0 Å². The van der Waals surface area contributed by atoms with E-state index in [4.69, 9.17) is 24.7 Å². The van der Waals surface area contributed by atoms with E-state index in [-0.39, 0.29) is 5.39 Å². The van der Waals surface area contributed by atoms with Crippen molar-refractivity contribution in [3.05, 3.63) is 133 Å². The van der Waals surface area contributed by atoms with E-state index in [0.29, 0.717) is 0 Å². The van der Waals surface area contributed by atoms with Crippen molar-refractivity contribution in [2.24, 2.45) is 0 Å². The maximum Gasteiger partial charge on any atom is 0.0636 e. The van der Waals surface area contributed by atoms with Gasteiger partial charge in [0, 0.05) is 0 Å². The maximum atomic E-state index is 9.48. The molecule has 0 aromatic heterocycles. The third-order valence-corrected chi connectivity index (χ3v) is 5.51. The fourth-order valence-corrected chi connectivity index (χ4v) is 4.10. The predicted octanol–water partition coefficient (Wildman–Crippen LogP) is 9.63. The summed E-state index contributed by atoms with van der Waals surface area (Å²) in [7, 11) is 0. The average Bonchev–Trinajstić information content (AvgIpc) is 3.15. The molecule has 0 bridgehead atoms. The Hall–Kier alpha value is -4.42. The van der Waals surface area contributed by atoms with E-state index in [2.05, 4.69) is 0 Å². The Morgan fingerprint density at radius 3 is 1.71 bits per heavy atom. The lowest BCUT2D eigenvalue weighted by Gasteiger charge is -2.18. The number of hydrogen-bond acceptors (Lipinski definition) is 0. The highest BCUT2D eigenvalue weighted by Gasteiger charge is 2.16. The van der Waals surface area contributed by atoms with Crippen LogP contribution in [-0.4, -0.2) is 0 Å². The van der Waals surface area contributed by atoms with E-state index in [1.807, 2.05) is 0 Å². The van der Waals surface area contributed by atoms with E-state index < -0.39 is 187 Å². The highest BCUT2D eigenvalue weighted by Crippen LogP contribution is 2.44. The topological polar surface area (TPSA) is 0 Å². The maximum absolute atomic E-state index is 9.48. The molecule has 158 valence electrons. The third-order valence-electron chi connectivity index (χ3n) is 5.51. The lowest BCUT2D eigenvalue weighted by atomic mass is 9.85. The molecule has 7 rings (SSSR count). The van der Waals surface area contributed by atoms with Gasteiger partial charge in [0.15, 0.2) is 0 Å². The first kappa shape index (κ1) is 7.55. The predicted molar refractivity (Wildman–Crippen MR) is 147 cm³/mol. The van der Waals surface area contributed by atoms with Gasteiger partial charge in [-0.2, -0.15) is 0 Å². The molecular weight excluding hydrogens is 408 g/mol. The number of fused-ring (bicyclic) bond motifs is 5. The van der Waals surface area contributed by atoms with Crippen molar-refractivity contribution in [3.8, 4) is 22.3 Å². The molecule has 0 radical (unpaired) electrons. The van der Waals surface area contributed by atoms with E-state index in [0.717, 1.165) is 6.07 Å². The lowest BCUT2D eigenvalue weighted by molar-refractivity contribution is 1.66. The van der Waals surface area contributed by atoms with E-state index in [9.17, 15) is 4.11 Å². The van der Waals surface area contributed by atoms with Crippen LogP contribution in [0.25, 0.3) is 65.3 Å². The van der Waals surface area contributed by atoms with Crippen LogP contribution in [-0.2, 0) is 0 Å². The molecular formula is C34H22. The van der Waals surface area contributed by atoms with E-state index in [1.165, 1.54) is 0 Å². The minimum absolute atomic E-state index is 0.331. The summed E-state index contributed by atoms with van der Waals surface area (Å²) in [5.74, 6) is 0. The van der Waals surface area contributed by atoms with Crippen LogP contribution in [0.15, 0.2) is 133 Å². The normalized spacial score (nSPS) is 20.2. The zero-order valence-corrected chi connectivity index (χ0v) is 17.1. The Kier molecular flexibility index (Phi) is 1.68. The molecule has 7 aromatic carbocycles. The molecule has 0 N–H and O–H groups in total. The molecule has 0 aliphatic carbocycles. The van der Waals surface area contributed by atoms with Crippen molar-refractivity contribution in [1.29, 1.82) is 0 Å². The molecule has 34 heavy (non-hydrogen) atoms. The monoisotopic (exact) mass is 451 g/mol. The van der Waals surface area contributed by atoms with Gasteiger partial charge in [-0.3, -0.25) is 0 Å². The fraction of sp³-hybridized carbons (Fsp3) is 0. The first-order valence-electron chi connectivity index (χ1n) is 20.6. The molecule has 0 saturated heterocycles. The highest BCUT2D eigenvalue weighted by atomic mass is 14.2. The summed E-state index contributed by atoms with van der Waals surface area (Å²) in [5.41, 5.74) is -2.15. The van der Waals surface area contributed by atoms with Crippen LogP contribution in [0.3, 0.4) is 0 Å². The van der Waals surface area contributed by atoms with Gasteiger partial charge in [-0.25, -0.2) is 0 Å². The molecule has 0 amide bonds. The number of rotatable bonds is 2. The van der Waals surface area contributed by atoms with Crippen molar-refractivity contribution >= 4 is 43.1 Å². The molecule has 0 saturated carbocycles. The molecule has 0 spiro atoms. The fourth-order valence-electron chi connectivity index (χ4n) is 4.10. The van der Waals surface area contributed by atoms with Crippen LogP contribution >= 0.6 is 0 Å². The number of hydrogen-bond donors (Lipinski definition) is 0. The quantitative estimate of drug-likeness (QED) is 0.181. The molecule has 0 aliphatic heterocycles. The summed E-state index contributed by atoms with van der Waals surface area (Å²) in [6.07, 6.45) is 0. The second-order valence-electron chi connectivity index (χ2n) is 7.33. The van der Waals surface area contributed by atoms with Crippen molar-refractivity contribution in [1.82, 2.24) is 0 Å². The van der Waals surface area contributed by atoms with Crippen molar-refractivity contribution in [2.45, 2.75) is 0 Å². The smallest absolute Gasteiger partial charge is 0.0622 e. The summed E-state index contributed by atoms with van der Waals surface area (Å²) in [6, 6.07) is -15.4. The van der Waals surface area contributed by atoms with Crippen LogP contribution in [0.4, 0.5) is 0 Å². The Balaban J connectivity index is 1.88. The van der Waals surface area contributed by atoms with Crippen molar-refractivity contribution in [3.63, 3.8) is 0 Å². The summed E-state index contributed by atoms with van der Waals surface area (Å²) >= 11 is 0. The summed E-state index contributed by atoms with van der Waals surface area (Å²) in [4.78, 5) is 0. The minimum Gasteiger partial charge on any atom is -0.0622 e. The van der Waals surface area contributed by atoms with Crippen LogP contribution in [0, 0.1) is 0 Å². The standard InChI is InChI=1S/C34H22/c1-2-11-24(12-3-1)33-29-14-6-8-16-31(29)34(32-17-9-7-15-30(32)33)26-20-21-28-25(22-26)19-18-23-10-4-5-13-27(23)28/h1-22H/i1D,2D,3D,4D,5D,6D,7D,8D,9D,10D,11D,12D,13D,14D,16D,17D,18D,19D,20D,21D,22D. The van der Waals surface area contributed by atoms with Gasteiger partial charge < -0.3 is 0 Å². The van der Waals surface area contributed by atoms with E-state index in [1.54, 1.807) is 0 Å². The summed E-state index contributed by atoms with van der Waals surface area (Å²) in [5, 5.41) is -3.68. The summed E-state index contributed by atoms with van der Waals surface area (Å²) in [6.45, 7) is 0. The average molecular weight is 452 g/mol. The van der Waals surface area contributed by atoms with Crippen molar-refractivity contribution < 1.29 is 28.8 Å². The Labute approximate surface area is 228 Å². The van der Waals surface area contributed by atoms with Gasteiger partial charge >= 0.3 is 0 Å². The van der Waals surface area contributed by atoms with E-state index >= 15 is 0 Å². The van der Waals surface area contributed by atoms with Gasteiger partial charge in [-0.15, -0.1) is 0 Å². The molecule has 0 fully saturated rings. The van der Waals surface area contributed by atoms with Gasteiger partial charge in [0.2, 0.25) is 0 Å². The first-order valence-corrected chi connectivity index (χ1v) is 10.1. The largest absolute Gasteiger partial charge is 0.0636 e. The third kappa shape index (κ3) is 2.86. The summed E-state index contributed by atoms with van der Waals surface area (Å²) < 4.78 is 183. The molecule has 7 aromatic rings. The van der Waals surface area contributed by atoms with Crippen molar-refractivity contribution in [2.75, 3.05) is 0 Å². The molecule has 0 atom stereocenters. The van der Waals surface area contributed by atoms with Crippen LogP contribution < -0.4 is 0 Å². The van der Waals surface area contributed by atoms with Crippen LogP contribution in [0.1, 0.15) is 28.8 Å². The molecule has 0 unspecified atom stereocenters. The van der Waals surface area contributed by atoms with Gasteiger partial charge in [0.1, 0.15) is 0 Å². The lowest BCUT2D eigenvalue weighted by Crippen LogP contribution is -1.90.